The van der Waals surface area contributed by atoms with E-state index in [0.29, 0.717) is 30.7 Å². The molecule has 0 heterocycles. The molecule has 24 heavy (non-hydrogen) atoms. The molecule has 1 aromatic carbocycles. The number of ether oxygens (including phenoxy) is 1. The molecule has 0 radical (unpaired) electrons. The summed E-state index contributed by atoms with van der Waals surface area (Å²) in [4.78, 5) is 24.8. The summed E-state index contributed by atoms with van der Waals surface area (Å²) < 4.78 is 5.19. The Morgan fingerprint density at radius 1 is 1.38 bits per heavy atom. The molecule has 128 valence electrons. The average Bonchev–Trinajstić information content (AvgIpc) is 2.59. The number of rotatable bonds is 4. The SMILES string of the molecule is CN(C#N)C(=O)C1CCC(NC(=O)OCc2cccc(Cl)c2)CC1. The number of hydrogen-bond acceptors (Lipinski definition) is 4. The molecule has 1 N–H and O–H groups in total. The van der Waals surface area contributed by atoms with Gasteiger partial charge in [-0.25, -0.2) is 4.79 Å². The van der Waals surface area contributed by atoms with Crippen molar-refractivity contribution < 1.29 is 14.3 Å². The molecular weight excluding hydrogens is 330 g/mol. The Bertz CT molecular complexity index is 636. The van der Waals surface area contributed by atoms with Crippen molar-refractivity contribution in [3.8, 4) is 6.19 Å². The van der Waals surface area contributed by atoms with Gasteiger partial charge < -0.3 is 10.1 Å². The lowest BCUT2D eigenvalue weighted by Gasteiger charge is -2.28. The Morgan fingerprint density at radius 3 is 2.71 bits per heavy atom. The van der Waals surface area contributed by atoms with Crippen molar-refractivity contribution in [2.75, 3.05) is 7.05 Å². The van der Waals surface area contributed by atoms with Gasteiger partial charge in [0.2, 0.25) is 5.91 Å². The van der Waals surface area contributed by atoms with Crippen molar-refractivity contribution in [3.63, 3.8) is 0 Å². The van der Waals surface area contributed by atoms with Crippen molar-refractivity contribution in [1.82, 2.24) is 10.2 Å². The van der Waals surface area contributed by atoms with E-state index in [1.165, 1.54) is 7.05 Å². The third-order valence-corrected chi connectivity index (χ3v) is 4.37. The summed E-state index contributed by atoms with van der Waals surface area (Å²) >= 11 is 5.88. The van der Waals surface area contributed by atoms with E-state index in [4.69, 9.17) is 21.6 Å². The maximum Gasteiger partial charge on any atom is 0.407 e. The summed E-state index contributed by atoms with van der Waals surface area (Å²) in [6, 6.07) is 7.14. The Labute approximate surface area is 146 Å². The van der Waals surface area contributed by atoms with E-state index in [1.54, 1.807) is 18.2 Å². The molecule has 1 fully saturated rings. The van der Waals surface area contributed by atoms with Gasteiger partial charge in [0.15, 0.2) is 6.19 Å². The number of nitriles is 1. The van der Waals surface area contributed by atoms with Gasteiger partial charge >= 0.3 is 6.09 Å². The summed E-state index contributed by atoms with van der Waals surface area (Å²) in [5.74, 6) is -0.297. The molecule has 2 rings (SSSR count). The van der Waals surface area contributed by atoms with Crippen LogP contribution in [0.2, 0.25) is 5.02 Å². The Balaban J connectivity index is 1.72. The molecule has 0 bridgehead atoms. The molecule has 1 aliphatic carbocycles. The Hall–Kier alpha value is -2.26. The lowest BCUT2D eigenvalue weighted by atomic mass is 9.85. The fourth-order valence-corrected chi connectivity index (χ4v) is 3.00. The average molecular weight is 350 g/mol. The third-order valence-electron chi connectivity index (χ3n) is 4.14. The first kappa shape index (κ1) is 18.1. The summed E-state index contributed by atoms with van der Waals surface area (Å²) in [5, 5.41) is 12.2. The van der Waals surface area contributed by atoms with E-state index in [0.717, 1.165) is 10.5 Å². The molecule has 1 aromatic rings. The minimum atomic E-state index is -0.473. The highest BCUT2D eigenvalue weighted by Crippen LogP contribution is 2.25. The molecule has 0 atom stereocenters. The van der Waals surface area contributed by atoms with Crippen LogP contribution in [0, 0.1) is 17.4 Å². The van der Waals surface area contributed by atoms with Gasteiger partial charge in [0.1, 0.15) is 6.61 Å². The molecule has 2 amide bonds. The number of benzene rings is 1. The first-order valence-electron chi connectivity index (χ1n) is 7.84. The predicted molar refractivity (Wildman–Crippen MR) is 88.9 cm³/mol. The van der Waals surface area contributed by atoms with Gasteiger partial charge in [-0.05, 0) is 43.4 Å². The lowest BCUT2D eigenvalue weighted by molar-refractivity contribution is -0.132. The second kappa shape index (κ2) is 8.55. The number of nitrogens with one attached hydrogen (secondary N) is 1. The minimum Gasteiger partial charge on any atom is -0.445 e. The lowest BCUT2D eigenvalue weighted by Crippen LogP contribution is -2.40. The summed E-state index contributed by atoms with van der Waals surface area (Å²) in [7, 11) is 1.47. The summed E-state index contributed by atoms with van der Waals surface area (Å²) in [6.45, 7) is 0.160. The topological polar surface area (TPSA) is 82.4 Å². The van der Waals surface area contributed by atoms with Crippen LogP contribution in [0.15, 0.2) is 24.3 Å². The number of halogens is 1. The zero-order valence-corrected chi connectivity index (χ0v) is 14.3. The normalized spacial score (nSPS) is 19.9. The molecule has 1 saturated carbocycles. The second-order valence-electron chi connectivity index (χ2n) is 5.90. The summed E-state index contributed by atoms with van der Waals surface area (Å²) in [6.07, 6.45) is 4.06. The van der Waals surface area contributed by atoms with Crippen LogP contribution in [0.1, 0.15) is 31.2 Å². The fraction of sp³-hybridized carbons (Fsp3) is 0.471. The van der Waals surface area contributed by atoms with Crippen molar-refractivity contribution in [1.29, 1.82) is 5.26 Å². The van der Waals surface area contributed by atoms with Crippen LogP contribution in [-0.2, 0) is 16.1 Å². The molecule has 0 aliphatic heterocycles. The molecule has 1 aliphatic rings. The van der Waals surface area contributed by atoms with E-state index >= 15 is 0 Å². The van der Waals surface area contributed by atoms with E-state index in [9.17, 15) is 9.59 Å². The Morgan fingerprint density at radius 2 is 2.08 bits per heavy atom. The van der Waals surface area contributed by atoms with E-state index in [1.807, 2.05) is 12.3 Å². The molecule has 0 saturated heterocycles. The molecule has 6 nitrogen and oxygen atoms in total. The van der Waals surface area contributed by atoms with Gasteiger partial charge in [0.05, 0.1) is 0 Å². The minimum absolute atomic E-state index is 0.00620. The van der Waals surface area contributed by atoms with Crippen LogP contribution < -0.4 is 5.32 Å². The van der Waals surface area contributed by atoms with Gasteiger partial charge in [-0.1, -0.05) is 23.7 Å². The van der Waals surface area contributed by atoms with Crippen LogP contribution in [0.3, 0.4) is 0 Å². The summed E-state index contributed by atoms with van der Waals surface area (Å²) in [5.41, 5.74) is 0.825. The van der Waals surface area contributed by atoms with Crippen LogP contribution >= 0.6 is 11.6 Å². The molecule has 0 spiro atoms. The number of carbonyl (C=O) groups is 2. The number of amides is 2. The second-order valence-corrected chi connectivity index (χ2v) is 6.33. The zero-order chi connectivity index (χ0) is 17.5. The highest BCUT2D eigenvalue weighted by Gasteiger charge is 2.29. The highest BCUT2D eigenvalue weighted by molar-refractivity contribution is 6.30. The van der Waals surface area contributed by atoms with Gasteiger partial charge in [0.25, 0.3) is 0 Å². The van der Waals surface area contributed by atoms with Gasteiger partial charge in [0, 0.05) is 24.0 Å². The van der Waals surface area contributed by atoms with Gasteiger partial charge in [-0.3, -0.25) is 9.69 Å². The maximum absolute atomic E-state index is 11.9. The van der Waals surface area contributed by atoms with E-state index < -0.39 is 6.09 Å². The van der Waals surface area contributed by atoms with Crippen LogP contribution in [0.5, 0.6) is 0 Å². The number of nitrogens with zero attached hydrogens (tertiary/aromatic N) is 2. The fourth-order valence-electron chi connectivity index (χ4n) is 2.79. The van der Waals surface area contributed by atoms with Gasteiger partial charge in [-0.2, -0.15) is 5.26 Å². The van der Waals surface area contributed by atoms with E-state index in [2.05, 4.69) is 5.32 Å². The maximum atomic E-state index is 11.9. The highest BCUT2D eigenvalue weighted by atomic mass is 35.5. The van der Waals surface area contributed by atoms with Crippen molar-refractivity contribution in [2.45, 2.75) is 38.3 Å². The predicted octanol–water partition coefficient (Wildman–Crippen LogP) is 3.06. The monoisotopic (exact) mass is 349 g/mol. The van der Waals surface area contributed by atoms with Crippen LogP contribution in [0.25, 0.3) is 0 Å². The number of carbonyl (C=O) groups excluding carboxylic acids is 2. The molecule has 0 aromatic heterocycles. The van der Waals surface area contributed by atoms with E-state index in [-0.39, 0.29) is 24.5 Å². The van der Waals surface area contributed by atoms with Gasteiger partial charge in [-0.15, -0.1) is 0 Å². The van der Waals surface area contributed by atoms with Crippen LogP contribution in [-0.4, -0.2) is 30.0 Å². The quantitative estimate of drug-likeness (QED) is 0.669. The van der Waals surface area contributed by atoms with Crippen molar-refractivity contribution in [3.05, 3.63) is 34.9 Å². The smallest absolute Gasteiger partial charge is 0.407 e. The number of alkyl carbamates (subject to hydrolysis) is 1. The number of hydrogen-bond donors (Lipinski definition) is 1. The standard InChI is InChI=1S/C17H20ClN3O3/c1-21(11-19)16(22)13-5-7-15(8-6-13)20-17(23)24-10-12-3-2-4-14(18)9-12/h2-4,9,13,15H,5-8,10H2,1H3,(H,20,23). The first-order chi connectivity index (χ1) is 11.5. The molecule has 7 heteroatoms. The zero-order valence-electron chi connectivity index (χ0n) is 13.5. The van der Waals surface area contributed by atoms with Crippen molar-refractivity contribution >= 4 is 23.6 Å². The Kier molecular flexibility index (Phi) is 6.44. The largest absolute Gasteiger partial charge is 0.445 e. The van der Waals surface area contributed by atoms with Crippen molar-refractivity contribution in [2.24, 2.45) is 5.92 Å². The van der Waals surface area contributed by atoms with Crippen LogP contribution in [0.4, 0.5) is 4.79 Å². The first-order valence-corrected chi connectivity index (χ1v) is 8.22. The molecular formula is C17H20ClN3O3. The molecule has 0 unspecified atom stereocenters. The third kappa shape index (κ3) is 5.14.